The Kier molecular flexibility index (Phi) is 9.88. The molecule has 3 nitrogen and oxygen atoms in total. The van der Waals surface area contributed by atoms with Gasteiger partial charge in [-0.15, -0.1) is 0 Å². The molecule has 1 aliphatic carbocycles. The average Bonchev–Trinajstić information content (AvgIpc) is 2.86. The van der Waals surface area contributed by atoms with E-state index in [1.54, 1.807) is 0 Å². The summed E-state index contributed by atoms with van der Waals surface area (Å²) in [5.74, 6) is 0. The minimum Gasteiger partial charge on any atom is -0.417 e. The van der Waals surface area contributed by atoms with E-state index in [2.05, 4.69) is 73.8 Å². The van der Waals surface area contributed by atoms with Crippen molar-refractivity contribution < 1.29 is 14.0 Å². The van der Waals surface area contributed by atoms with Gasteiger partial charge in [0, 0.05) is 13.0 Å². The van der Waals surface area contributed by atoms with Gasteiger partial charge in [0.2, 0.25) is 0 Å². The first-order valence-corrected chi connectivity index (χ1v) is 17.6. The highest BCUT2D eigenvalue weighted by Gasteiger charge is 2.41. The highest BCUT2D eigenvalue weighted by molar-refractivity contribution is 6.74. The summed E-state index contributed by atoms with van der Waals surface area (Å²) in [4.78, 5) is 0. The summed E-state index contributed by atoms with van der Waals surface area (Å²) in [6.07, 6.45) is 9.81. The minimum absolute atomic E-state index is 0.129. The topological polar surface area (TPSA) is 38.7 Å². The van der Waals surface area contributed by atoms with Crippen LogP contribution in [0.25, 0.3) is 0 Å². The number of aliphatic hydroxyl groups excluding tert-OH is 1. The SMILES string of the molecule is CC(C)(C)[Si](C)(C)OCCCCCCCC1=C[C@H](O)C[C@@H]1O[Si](C)(C)C(C)(C)C. The molecular weight excluding hydrogens is 392 g/mol. The van der Waals surface area contributed by atoms with Crippen LogP contribution in [0.1, 0.15) is 86.5 Å². The Hall–Kier alpha value is 0.0538. The molecule has 172 valence electrons. The van der Waals surface area contributed by atoms with Crippen LogP contribution in [0.2, 0.25) is 36.3 Å². The van der Waals surface area contributed by atoms with Crippen LogP contribution >= 0.6 is 0 Å². The van der Waals surface area contributed by atoms with Crippen LogP contribution in [0, 0.1) is 0 Å². The number of rotatable bonds is 11. The van der Waals surface area contributed by atoms with Crippen molar-refractivity contribution in [2.24, 2.45) is 0 Å². The number of unbranched alkanes of at least 4 members (excludes halogenated alkanes) is 4. The van der Waals surface area contributed by atoms with Crippen molar-refractivity contribution in [2.45, 2.75) is 135 Å². The fraction of sp³-hybridized carbons (Fsp3) is 0.917. The van der Waals surface area contributed by atoms with Crippen LogP contribution < -0.4 is 0 Å². The van der Waals surface area contributed by atoms with Crippen molar-refractivity contribution >= 4 is 16.6 Å². The molecule has 0 bridgehead atoms. The van der Waals surface area contributed by atoms with E-state index in [1.807, 2.05) is 0 Å². The number of aliphatic hydroxyl groups is 1. The molecule has 1 aliphatic rings. The number of hydrogen-bond donors (Lipinski definition) is 1. The summed E-state index contributed by atoms with van der Waals surface area (Å²) >= 11 is 0. The van der Waals surface area contributed by atoms with Gasteiger partial charge < -0.3 is 14.0 Å². The monoisotopic (exact) mass is 442 g/mol. The molecule has 0 spiro atoms. The van der Waals surface area contributed by atoms with Crippen molar-refractivity contribution in [1.29, 1.82) is 0 Å². The lowest BCUT2D eigenvalue weighted by molar-refractivity contribution is 0.150. The molecule has 0 heterocycles. The van der Waals surface area contributed by atoms with Crippen molar-refractivity contribution in [3.63, 3.8) is 0 Å². The summed E-state index contributed by atoms with van der Waals surface area (Å²) in [5.41, 5.74) is 1.34. The van der Waals surface area contributed by atoms with E-state index >= 15 is 0 Å². The third-order valence-corrected chi connectivity index (χ3v) is 16.4. The number of hydrogen-bond acceptors (Lipinski definition) is 3. The Balaban J connectivity index is 2.29. The zero-order valence-corrected chi connectivity index (χ0v) is 23.2. The Morgan fingerprint density at radius 1 is 0.862 bits per heavy atom. The largest absolute Gasteiger partial charge is 0.417 e. The highest BCUT2D eigenvalue weighted by Crippen LogP contribution is 2.40. The molecule has 0 aromatic heterocycles. The van der Waals surface area contributed by atoms with Crippen LogP contribution in [0.4, 0.5) is 0 Å². The van der Waals surface area contributed by atoms with Crippen LogP contribution in [-0.4, -0.2) is 40.6 Å². The van der Waals surface area contributed by atoms with E-state index in [0.29, 0.717) is 5.04 Å². The Morgan fingerprint density at radius 3 is 1.93 bits per heavy atom. The van der Waals surface area contributed by atoms with Gasteiger partial charge in [0.15, 0.2) is 16.6 Å². The molecule has 0 unspecified atom stereocenters. The van der Waals surface area contributed by atoms with Gasteiger partial charge in [-0.25, -0.2) is 0 Å². The zero-order chi connectivity index (χ0) is 22.5. The molecule has 0 fully saturated rings. The lowest BCUT2D eigenvalue weighted by atomic mass is 10.0. The Morgan fingerprint density at radius 2 is 1.38 bits per heavy atom. The second-order valence-corrected chi connectivity index (χ2v) is 21.6. The van der Waals surface area contributed by atoms with Crippen LogP contribution in [0.5, 0.6) is 0 Å². The van der Waals surface area contributed by atoms with Crippen molar-refractivity contribution in [2.75, 3.05) is 6.61 Å². The summed E-state index contributed by atoms with van der Waals surface area (Å²) in [7, 11) is -3.39. The van der Waals surface area contributed by atoms with Gasteiger partial charge in [-0.05, 0) is 61.1 Å². The van der Waals surface area contributed by atoms with Gasteiger partial charge in [0.25, 0.3) is 0 Å². The van der Waals surface area contributed by atoms with Crippen molar-refractivity contribution in [1.82, 2.24) is 0 Å². The third kappa shape index (κ3) is 8.60. The smallest absolute Gasteiger partial charge is 0.192 e. The molecule has 0 amide bonds. The molecule has 0 radical (unpaired) electrons. The quantitative estimate of drug-likeness (QED) is 0.205. The average molecular weight is 443 g/mol. The van der Waals surface area contributed by atoms with Gasteiger partial charge in [0.05, 0.1) is 12.2 Å². The summed E-state index contributed by atoms with van der Waals surface area (Å²) in [5, 5.41) is 10.6. The van der Waals surface area contributed by atoms with Gasteiger partial charge in [-0.3, -0.25) is 0 Å². The molecule has 0 saturated heterocycles. The van der Waals surface area contributed by atoms with E-state index < -0.39 is 16.6 Å². The first-order valence-electron chi connectivity index (χ1n) is 11.8. The molecular formula is C24H50O3Si2. The molecule has 1 rings (SSSR count). The van der Waals surface area contributed by atoms with E-state index in [0.717, 1.165) is 19.4 Å². The van der Waals surface area contributed by atoms with E-state index in [1.165, 1.54) is 37.7 Å². The standard InChI is InChI=1S/C24H50O3Si2/c1-23(2,3)28(7,8)26-17-15-13-11-12-14-16-20-18-21(25)19-22(20)27-29(9,10)24(4,5)6/h18,21-22,25H,11-17,19H2,1-10H3/t21-,22-/m0/s1. The van der Waals surface area contributed by atoms with Crippen molar-refractivity contribution in [3.8, 4) is 0 Å². The van der Waals surface area contributed by atoms with Crippen LogP contribution in [0.3, 0.4) is 0 Å². The van der Waals surface area contributed by atoms with Gasteiger partial charge in [-0.2, -0.15) is 0 Å². The lowest BCUT2D eigenvalue weighted by Crippen LogP contribution is -2.44. The normalized spacial score (nSPS) is 21.6. The van der Waals surface area contributed by atoms with Crippen molar-refractivity contribution in [3.05, 3.63) is 11.6 Å². The van der Waals surface area contributed by atoms with Gasteiger partial charge in [0.1, 0.15) is 0 Å². The van der Waals surface area contributed by atoms with E-state index in [4.69, 9.17) is 8.85 Å². The predicted molar refractivity (Wildman–Crippen MR) is 132 cm³/mol. The van der Waals surface area contributed by atoms with E-state index in [9.17, 15) is 5.11 Å². The van der Waals surface area contributed by atoms with Crippen LogP contribution in [-0.2, 0) is 8.85 Å². The molecule has 0 saturated carbocycles. The molecule has 2 atom stereocenters. The first-order chi connectivity index (χ1) is 13.1. The summed E-state index contributed by atoms with van der Waals surface area (Å²) in [6.45, 7) is 23.9. The fourth-order valence-corrected chi connectivity index (χ4v) is 5.60. The van der Waals surface area contributed by atoms with Crippen LogP contribution in [0.15, 0.2) is 11.6 Å². The maximum absolute atomic E-state index is 10.1. The second-order valence-electron chi connectivity index (χ2n) is 12.0. The summed E-state index contributed by atoms with van der Waals surface area (Å²) in [6, 6.07) is 0. The molecule has 0 aliphatic heterocycles. The maximum atomic E-state index is 10.1. The van der Waals surface area contributed by atoms with Gasteiger partial charge >= 0.3 is 0 Å². The summed E-state index contributed by atoms with van der Waals surface area (Å²) < 4.78 is 12.9. The van der Waals surface area contributed by atoms with Gasteiger partial charge in [-0.1, -0.05) is 66.9 Å². The predicted octanol–water partition coefficient (Wildman–Crippen LogP) is 7.43. The Labute approximate surface area is 183 Å². The molecule has 29 heavy (non-hydrogen) atoms. The molecule has 1 N–H and O–H groups in total. The molecule has 0 aromatic rings. The maximum Gasteiger partial charge on any atom is 0.192 e. The second kappa shape index (κ2) is 10.6. The zero-order valence-electron chi connectivity index (χ0n) is 21.2. The minimum atomic E-state index is -1.80. The highest BCUT2D eigenvalue weighted by atomic mass is 28.4. The van der Waals surface area contributed by atoms with E-state index in [-0.39, 0.29) is 17.2 Å². The third-order valence-electron chi connectivity index (χ3n) is 7.40. The molecule has 0 aromatic carbocycles. The molecule has 5 heteroatoms. The first kappa shape index (κ1) is 27.1. The Bertz CT molecular complexity index is 527. The lowest BCUT2D eigenvalue weighted by Gasteiger charge is -2.39. The fourth-order valence-electron chi connectivity index (χ4n) is 3.20.